The van der Waals surface area contributed by atoms with Gasteiger partial charge in [0, 0.05) is 22.8 Å². The highest BCUT2D eigenvalue weighted by Crippen LogP contribution is 2.19. The van der Waals surface area contributed by atoms with E-state index in [4.69, 9.17) is 0 Å². The zero-order chi connectivity index (χ0) is 11.2. The van der Waals surface area contributed by atoms with Crippen LogP contribution in [0.4, 0.5) is 4.39 Å². The first kappa shape index (κ1) is 14.0. The second kappa shape index (κ2) is 7.30. The molecule has 0 saturated heterocycles. The lowest BCUT2D eigenvalue weighted by atomic mass is 10.2. The molecule has 0 bridgehead atoms. The molecule has 2 rings (SSSR count). The Morgan fingerprint density at radius 1 is 1.00 bits per heavy atom. The summed E-state index contributed by atoms with van der Waals surface area (Å²) >= 11 is 1.75. The van der Waals surface area contributed by atoms with Crippen molar-refractivity contribution in [3.8, 4) is 0 Å². The molecule has 0 aliphatic carbocycles. The average Bonchev–Trinajstić information content (AvgIpc) is 2.33. The van der Waals surface area contributed by atoms with E-state index < -0.39 is 0 Å². The van der Waals surface area contributed by atoms with Gasteiger partial charge in [0.1, 0.15) is 5.82 Å². The van der Waals surface area contributed by atoms with Gasteiger partial charge in [-0.2, -0.15) is 0 Å². The summed E-state index contributed by atoms with van der Waals surface area (Å²) in [5.74, 6) is 0.832. The van der Waals surface area contributed by atoms with Crippen LogP contribution in [-0.2, 0) is 6.42 Å². The standard InChI is InChI=1S/C13H12FNS.ClH/c14-12-1-3-13(4-2-12)16-10-7-11-5-8-15-9-6-11;/h1-6,8-9H,7,10H2;1H. The Labute approximate surface area is 111 Å². The first-order valence-electron chi connectivity index (χ1n) is 5.18. The highest BCUT2D eigenvalue weighted by molar-refractivity contribution is 7.99. The number of rotatable bonds is 4. The van der Waals surface area contributed by atoms with Crippen LogP contribution in [0.2, 0.25) is 0 Å². The van der Waals surface area contributed by atoms with Crippen molar-refractivity contribution < 1.29 is 21.8 Å². The summed E-state index contributed by atoms with van der Waals surface area (Å²) in [5, 5.41) is 0. The predicted octanol–water partition coefficient (Wildman–Crippen LogP) is -0.0214. The lowest BCUT2D eigenvalue weighted by molar-refractivity contribution is -0.378. The van der Waals surface area contributed by atoms with E-state index in [1.807, 2.05) is 24.5 Å². The highest BCUT2D eigenvalue weighted by atomic mass is 35.5. The van der Waals surface area contributed by atoms with Gasteiger partial charge in [0.15, 0.2) is 12.4 Å². The molecule has 4 heteroatoms. The van der Waals surface area contributed by atoms with Gasteiger partial charge in [-0.3, -0.25) is 0 Å². The van der Waals surface area contributed by atoms with Gasteiger partial charge >= 0.3 is 0 Å². The average molecular weight is 270 g/mol. The molecule has 1 N–H and O–H groups in total. The molecule has 0 radical (unpaired) electrons. The maximum atomic E-state index is 12.7. The van der Waals surface area contributed by atoms with E-state index in [0.29, 0.717) is 0 Å². The van der Waals surface area contributed by atoms with E-state index in [9.17, 15) is 4.39 Å². The van der Waals surface area contributed by atoms with Crippen molar-refractivity contribution in [1.82, 2.24) is 0 Å². The van der Waals surface area contributed by atoms with Gasteiger partial charge in [0.05, 0.1) is 0 Å². The SMILES string of the molecule is Fc1ccc(SCCc2cc[nH+]cc2)cc1.[Cl-]. The molecule has 17 heavy (non-hydrogen) atoms. The zero-order valence-electron chi connectivity index (χ0n) is 9.20. The largest absolute Gasteiger partial charge is 1.00 e. The number of pyridine rings is 1. The molecule has 1 heterocycles. The van der Waals surface area contributed by atoms with Crippen LogP contribution in [0.5, 0.6) is 0 Å². The summed E-state index contributed by atoms with van der Waals surface area (Å²) in [5.41, 5.74) is 1.31. The summed E-state index contributed by atoms with van der Waals surface area (Å²) in [6.07, 6.45) is 4.88. The number of benzene rings is 1. The Balaban J connectivity index is 0.00000144. The third-order valence-electron chi connectivity index (χ3n) is 2.26. The number of nitrogens with one attached hydrogen (secondary N) is 1. The molecule has 2 aromatic rings. The Hall–Kier alpha value is -1.06. The molecule has 0 aliphatic rings. The number of H-pyrrole nitrogens is 1. The summed E-state index contributed by atoms with van der Waals surface area (Å²) in [7, 11) is 0. The van der Waals surface area contributed by atoms with E-state index in [2.05, 4.69) is 17.1 Å². The third-order valence-corrected chi connectivity index (χ3v) is 3.27. The monoisotopic (exact) mass is 269 g/mol. The number of halogens is 2. The normalized spacial score (nSPS) is 9.71. The molecule has 1 aromatic carbocycles. The van der Waals surface area contributed by atoms with Crippen molar-refractivity contribution in [1.29, 1.82) is 0 Å². The Morgan fingerprint density at radius 3 is 2.29 bits per heavy atom. The van der Waals surface area contributed by atoms with Crippen molar-refractivity contribution in [2.75, 3.05) is 5.75 Å². The maximum Gasteiger partial charge on any atom is 0.167 e. The highest BCUT2D eigenvalue weighted by Gasteiger charge is 1.97. The Morgan fingerprint density at radius 2 is 1.65 bits per heavy atom. The van der Waals surface area contributed by atoms with E-state index in [-0.39, 0.29) is 18.2 Å². The van der Waals surface area contributed by atoms with E-state index in [1.54, 1.807) is 11.8 Å². The van der Waals surface area contributed by atoms with Gasteiger partial charge in [-0.15, -0.1) is 11.8 Å². The number of hydrogen-bond donors (Lipinski definition) is 0. The molecule has 0 unspecified atom stereocenters. The lowest BCUT2D eigenvalue weighted by Crippen LogP contribution is -3.00. The van der Waals surface area contributed by atoms with Gasteiger partial charge in [0.25, 0.3) is 0 Å². The number of thioether (sulfide) groups is 1. The van der Waals surface area contributed by atoms with Crippen molar-refractivity contribution in [3.05, 3.63) is 60.2 Å². The lowest BCUT2D eigenvalue weighted by Gasteiger charge is -2.00. The van der Waals surface area contributed by atoms with Gasteiger partial charge in [-0.25, -0.2) is 9.37 Å². The Kier molecular flexibility index (Phi) is 6.01. The maximum absolute atomic E-state index is 12.7. The molecule has 0 atom stereocenters. The molecule has 0 spiro atoms. The van der Waals surface area contributed by atoms with Crippen LogP contribution in [0, 0.1) is 5.82 Å². The fourth-order valence-electron chi connectivity index (χ4n) is 1.41. The summed E-state index contributed by atoms with van der Waals surface area (Å²) in [6, 6.07) is 10.8. The molecular weight excluding hydrogens is 257 g/mol. The van der Waals surface area contributed by atoms with Crippen LogP contribution in [-0.4, -0.2) is 5.75 Å². The minimum atomic E-state index is -0.178. The van der Waals surface area contributed by atoms with Crippen LogP contribution in [0.25, 0.3) is 0 Å². The minimum absolute atomic E-state index is 0. The van der Waals surface area contributed by atoms with Crippen molar-refractivity contribution in [3.63, 3.8) is 0 Å². The second-order valence-electron chi connectivity index (χ2n) is 3.46. The predicted molar refractivity (Wildman–Crippen MR) is 63.8 cm³/mol. The second-order valence-corrected chi connectivity index (χ2v) is 4.63. The number of aryl methyl sites for hydroxylation is 1. The number of aromatic nitrogens is 1. The quantitative estimate of drug-likeness (QED) is 0.712. The van der Waals surface area contributed by atoms with Crippen LogP contribution < -0.4 is 17.4 Å². The van der Waals surface area contributed by atoms with Crippen molar-refractivity contribution in [2.45, 2.75) is 11.3 Å². The van der Waals surface area contributed by atoms with Gasteiger partial charge in [-0.05, 0) is 36.2 Å². The van der Waals surface area contributed by atoms with Crippen LogP contribution >= 0.6 is 11.8 Å². The van der Waals surface area contributed by atoms with Crippen molar-refractivity contribution >= 4 is 11.8 Å². The summed E-state index contributed by atoms with van der Waals surface area (Å²) in [6.45, 7) is 0. The fourth-order valence-corrected chi connectivity index (χ4v) is 2.31. The molecule has 0 amide bonds. The van der Waals surface area contributed by atoms with E-state index in [0.717, 1.165) is 17.1 Å². The van der Waals surface area contributed by atoms with E-state index in [1.165, 1.54) is 17.7 Å². The molecule has 1 aromatic heterocycles. The molecule has 90 valence electrons. The summed E-state index contributed by atoms with van der Waals surface area (Å²) < 4.78 is 12.7. The van der Waals surface area contributed by atoms with Crippen LogP contribution in [0.3, 0.4) is 0 Å². The third kappa shape index (κ3) is 4.75. The molecule has 0 fully saturated rings. The molecular formula is C13H13ClFNS. The first-order chi connectivity index (χ1) is 7.84. The van der Waals surface area contributed by atoms with E-state index >= 15 is 0 Å². The number of aromatic amines is 1. The molecule has 1 nitrogen and oxygen atoms in total. The van der Waals surface area contributed by atoms with Gasteiger partial charge in [0.2, 0.25) is 0 Å². The molecule has 0 aliphatic heterocycles. The zero-order valence-corrected chi connectivity index (χ0v) is 10.8. The topological polar surface area (TPSA) is 14.1 Å². The van der Waals surface area contributed by atoms with Crippen LogP contribution in [0.15, 0.2) is 53.7 Å². The Bertz CT molecular complexity index is 433. The molecule has 0 saturated carbocycles. The number of hydrogen-bond acceptors (Lipinski definition) is 1. The van der Waals surface area contributed by atoms with Gasteiger partial charge in [-0.1, -0.05) is 0 Å². The fraction of sp³-hybridized carbons (Fsp3) is 0.154. The summed E-state index contributed by atoms with van der Waals surface area (Å²) in [4.78, 5) is 4.11. The van der Waals surface area contributed by atoms with Crippen molar-refractivity contribution in [2.24, 2.45) is 0 Å². The smallest absolute Gasteiger partial charge is 0.167 e. The van der Waals surface area contributed by atoms with Crippen LogP contribution in [0.1, 0.15) is 5.56 Å². The first-order valence-corrected chi connectivity index (χ1v) is 6.16. The van der Waals surface area contributed by atoms with Gasteiger partial charge < -0.3 is 12.4 Å². The minimum Gasteiger partial charge on any atom is -1.00 e.